The van der Waals surface area contributed by atoms with Gasteiger partial charge in [0.2, 0.25) is 0 Å². The van der Waals surface area contributed by atoms with E-state index in [1.54, 1.807) is 0 Å². The van der Waals surface area contributed by atoms with Crippen molar-refractivity contribution in [1.29, 1.82) is 0 Å². The molecule has 1 saturated carbocycles. The van der Waals surface area contributed by atoms with Crippen molar-refractivity contribution in [2.75, 3.05) is 5.32 Å². The molecule has 2 rings (SSSR count). The van der Waals surface area contributed by atoms with Crippen molar-refractivity contribution in [1.82, 2.24) is 0 Å². The fourth-order valence-corrected chi connectivity index (χ4v) is 2.37. The van der Waals surface area contributed by atoms with Gasteiger partial charge in [0.15, 0.2) is 5.78 Å². The minimum atomic E-state index is -0.369. The summed E-state index contributed by atoms with van der Waals surface area (Å²) in [5, 5.41) is 3.20. The average molecular weight is 263 g/mol. The van der Waals surface area contributed by atoms with Gasteiger partial charge in [0.1, 0.15) is 5.82 Å². The molecule has 2 nitrogen and oxygen atoms in total. The molecule has 0 spiro atoms. The summed E-state index contributed by atoms with van der Waals surface area (Å²) in [5.41, 5.74) is 1.95. The summed E-state index contributed by atoms with van der Waals surface area (Å²) in [4.78, 5) is 12.2. The predicted molar refractivity (Wildman–Crippen MR) is 76.2 cm³/mol. The van der Waals surface area contributed by atoms with Crippen LogP contribution < -0.4 is 5.32 Å². The second kappa shape index (κ2) is 5.72. The normalized spacial score (nSPS) is 14.8. The molecule has 19 heavy (non-hydrogen) atoms. The maximum Gasteiger partial charge on any atom is 0.169 e. The fraction of sp³-hybridized carbons (Fsp3) is 0.562. The van der Waals surface area contributed by atoms with Crippen LogP contribution in [-0.2, 0) is 6.42 Å². The van der Waals surface area contributed by atoms with Gasteiger partial charge in [-0.1, -0.05) is 13.3 Å². The first kappa shape index (κ1) is 14.0. The molecule has 0 heterocycles. The monoisotopic (exact) mass is 263 g/mol. The molecular formula is C16H22FNO. The smallest absolute Gasteiger partial charge is 0.169 e. The quantitative estimate of drug-likeness (QED) is 0.780. The molecule has 0 aromatic heterocycles. The lowest BCUT2D eigenvalue weighted by Crippen LogP contribution is -2.13. The molecule has 0 atom stereocenters. The van der Waals surface area contributed by atoms with Gasteiger partial charge >= 0.3 is 0 Å². The van der Waals surface area contributed by atoms with Gasteiger partial charge in [-0.15, -0.1) is 0 Å². The summed E-state index contributed by atoms with van der Waals surface area (Å²) in [5.74, 6) is -0.308. The zero-order valence-electron chi connectivity index (χ0n) is 11.9. The molecule has 104 valence electrons. The van der Waals surface area contributed by atoms with Gasteiger partial charge in [0, 0.05) is 17.6 Å². The summed E-state index contributed by atoms with van der Waals surface area (Å²) in [6, 6.07) is 3.63. The molecule has 1 aliphatic carbocycles. The van der Waals surface area contributed by atoms with E-state index in [2.05, 4.69) is 5.32 Å². The molecule has 1 aliphatic rings. The molecule has 1 aromatic rings. The van der Waals surface area contributed by atoms with Gasteiger partial charge < -0.3 is 5.32 Å². The number of carbonyl (C=O) groups is 1. The number of benzene rings is 1. The Morgan fingerprint density at radius 3 is 2.63 bits per heavy atom. The number of aryl methyl sites for hydroxylation is 1. The van der Waals surface area contributed by atoms with Crippen LogP contribution in [0.15, 0.2) is 12.1 Å². The lowest BCUT2D eigenvalue weighted by atomic mass is 9.96. The van der Waals surface area contributed by atoms with Crippen molar-refractivity contribution in [3.05, 3.63) is 29.1 Å². The van der Waals surface area contributed by atoms with Crippen LogP contribution >= 0.6 is 0 Å². The van der Waals surface area contributed by atoms with Crippen LogP contribution in [0.2, 0.25) is 0 Å². The van der Waals surface area contributed by atoms with Crippen LogP contribution in [0.1, 0.15) is 56.0 Å². The Kier molecular flexibility index (Phi) is 4.23. The second-order valence-corrected chi connectivity index (χ2v) is 5.68. The summed E-state index contributed by atoms with van der Waals surface area (Å²) >= 11 is 0. The van der Waals surface area contributed by atoms with E-state index >= 15 is 0 Å². The van der Waals surface area contributed by atoms with E-state index in [9.17, 15) is 9.18 Å². The SMILES string of the molecule is CCCc1cc(NC(C)C)cc(F)c1C(=O)C1CC1. The lowest BCUT2D eigenvalue weighted by Gasteiger charge is -2.15. The van der Waals surface area contributed by atoms with Gasteiger partial charge in [0.25, 0.3) is 0 Å². The molecule has 0 bridgehead atoms. The first-order valence-corrected chi connectivity index (χ1v) is 7.16. The van der Waals surface area contributed by atoms with E-state index in [-0.39, 0.29) is 23.6 Å². The third-order valence-electron chi connectivity index (χ3n) is 3.34. The number of ketones is 1. The van der Waals surface area contributed by atoms with Crippen molar-refractivity contribution in [2.24, 2.45) is 5.92 Å². The standard InChI is InChI=1S/C16H22FNO/c1-4-5-12-8-13(18-10(2)3)9-14(17)15(12)16(19)11-6-7-11/h8-11,18H,4-7H2,1-3H3. The number of hydrogen-bond acceptors (Lipinski definition) is 2. The zero-order valence-corrected chi connectivity index (χ0v) is 11.9. The van der Waals surface area contributed by atoms with E-state index < -0.39 is 0 Å². The van der Waals surface area contributed by atoms with Gasteiger partial charge in [-0.05, 0) is 50.8 Å². The molecular weight excluding hydrogens is 241 g/mol. The van der Waals surface area contributed by atoms with E-state index in [0.717, 1.165) is 36.9 Å². The molecule has 0 amide bonds. The van der Waals surface area contributed by atoms with Gasteiger partial charge in [-0.3, -0.25) is 4.79 Å². The zero-order chi connectivity index (χ0) is 14.0. The number of anilines is 1. The molecule has 3 heteroatoms. The Hall–Kier alpha value is -1.38. The van der Waals surface area contributed by atoms with Crippen molar-refractivity contribution in [3.8, 4) is 0 Å². The minimum absolute atomic E-state index is 0.00273. The molecule has 0 aliphatic heterocycles. The Morgan fingerprint density at radius 2 is 2.11 bits per heavy atom. The van der Waals surface area contributed by atoms with Crippen molar-refractivity contribution in [2.45, 2.75) is 52.5 Å². The van der Waals surface area contributed by atoms with E-state index in [0.29, 0.717) is 5.56 Å². The van der Waals surface area contributed by atoms with Gasteiger partial charge in [-0.25, -0.2) is 4.39 Å². The van der Waals surface area contributed by atoms with Crippen LogP contribution in [0.3, 0.4) is 0 Å². The highest BCUT2D eigenvalue weighted by atomic mass is 19.1. The Balaban J connectivity index is 2.37. The van der Waals surface area contributed by atoms with Crippen LogP contribution in [0.25, 0.3) is 0 Å². The van der Waals surface area contributed by atoms with Gasteiger partial charge in [-0.2, -0.15) is 0 Å². The van der Waals surface area contributed by atoms with Crippen molar-refractivity contribution < 1.29 is 9.18 Å². The highest BCUT2D eigenvalue weighted by Crippen LogP contribution is 2.35. The first-order valence-electron chi connectivity index (χ1n) is 7.16. The topological polar surface area (TPSA) is 29.1 Å². The lowest BCUT2D eigenvalue weighted by molar-refractivity contribution is 0.0962. The molecule has 0 radical (unpaired) electrons. The Morgan fingerprint density at radius 1 is 1.42 bits per heavy atom. The van der Waals surface area contributed by atoms with Crippen molar-refractivity contribution in [3.63, 3.8) is 0 Å². The predicted octanol–water partition coefficient (Wildman–Crippen LogP) is 4.19. The fourth-order valence-electron chi connectivity index (χ4n) is 2.37. The van der Waals surface area contributed by atoms with E-state index in [1.807, 2.05) is 26.8 Å². The number of rotatable bonds is 6. The highest BCUT2D eigenvalue weighted by Gasteiger charge is 2.33. The maximum absolute atomic E-state index is 14.3. The maximum atomic E-state index is 14.3. The summed E-state index contributed by atoms with van der Waals surface area (Å²) < 4.78 is 14.3. The molecule has 1 N–H and O–H groups in total. The van der Waals surface area contributed by atoms with E-state index in [1.165, 1.54) is 6.07 Å². The number of carbonyl (C=O) groups excluding carboxylic acids is 1. The van der Waals surface area contributed by atoms with Crippen LogP contribution in [0.5, 0.6) is 0 Å². The van der Waals surface area contributed by atoms with Crippen molar-refractivity contribution >= 4 is 11.5 Å². The largest absolute Gasteiger partial charge is 0.383 e. The second-order valence-electron chi connectivity index (χ2n) is 5.68. The summed E-state index contributed by atoms with van der Waals surface area (Å²) in [6.45, 7) is 6.08. The van der Waals surface area contributed by atoms with Gasteiger partial charge in [0.05, 0.1) is 5.56 Å². The number of hydrogen-bond donors (Lipinski definition) is 1. The summed E-state index contributed by atoms with van der Waals surface area (Å²) in [6.07, 6.45) is 3.49. The molecule has 0 unspecified atom stereocenters. The Labute approximate surface area is 114 Å². The first-order chi connectivity index (χ1) is 9.02. The molecule has 1 aromatic carbocycles. The molecule has 1 fully saturated rings. The van der Waals surface area contributed by atoms with Crippen LogP contribution in [0, 0.1) is 11.7 Å². The van der Waals surface area contributed by atoms with E-state index in [4.69, 9.17) is 0 Å². The van der Waals surface area contributed by atoms with Crippen LogP contribution in [-0.4, -0.2) is 11.8 Å². The third-order valence-corrected chi connectivity index (χ3v) is 3.34. The third kappa shape index (κ3) is 3.34. The number of halogens is 1. The summed E-state index contributed by atoms with van der Waals surface area (Å²) in [7, 11) is 0. The minimum Gasteiger partial charge on any atom is -0.383 e. The highest BCUT2D eigenvalue weighted by molar-refractivity contribution is 6.01. The molecule has 0 saturated heterocycles. The number of Topliss-reactive ketones (excluding diaryl/α,β-unsaturated/α-hetero) is 1. The van der Waals surface area contributed by atoms with Crippen LogP contribution in [0.4, 0.5) is 10.1 Å². The Bertz CT molecular complexity index is 478. The number of nitrogens with one attached hydrogen (secondary N) is 1. The average Bonchev–Trinajstić information content (AvgIpc) is 3.11.